The summed E-state index contributed by atoms with van der Waals surface area (Å²) in [5, 5.41) is 10.2. The minimum Gasteiger partial charge on any atom is -0.478 e. The minimum absolute atomic E-state index is 0.192. The van der Waals surface area contributed by atoms with Crippen LogP contribution in [0.15, 0.2) is 48.5 Å². The maximum atomic E-state index is 11.3. The first kappa shape index (κ1) is 25.3. The van der Waals surface area contributed by atoms with Crippen molar-refractivity contribution in [3.8, 4) is 11.4 Å². The average Bonchev–Trinajstić information content (AvgIpc) is 3.12. The Morgan fingerprint density at radius 2 is 1.76 bits per heavy atom. The third-order valence-corrected chi connectivity index (χ3v) is 6.34. The van der Waals surface area contributed by atoms with Crippen LogP contribution >= 0.6 is 23.2 Å². The normalized spacial score (nSPS) is 11.3. The molecule has 1 aromatic heterocycles. The fourth-order valence-corrected chi connectivity index (χ4v) is 4.31. The number of imidazole rings is 1. The van der Waals surface area contributed by atoms with Crippen LogP contribution in [0.5, 0.6) is 0 Å². The molecule has 3 aromatic rings. The summed E-state index contributed by atoms with van der Waals surface area (Å²) in [6, 6.07) is 15.1. The Bertz CT molecular complexity index is 1070. The second kappa shape index (κ2) is 12.2. The summed E-state index contributed by atoms with van der Waals surface area (Å²) in [5.41, 5.74) is 3.14. The van der Waals surface area contributed by atoms with Crippen LogP contribution in [0.1, 0.15) is 61.1 Å². The van der Waals surface area contributed by atoms with E-state index in [1.165, 1.54) is 6.07 Å². The highest BCUT2D eigenvalue weighted by Crippen LogP contribution is 2.28. The molecule has 5 nitrogen and oxygen atoms in total. The molecular weight excluding hydrogens is 457 g/mol. The largest absolute Gasteiger partial charge is 0.478 e. The summed E-state index contributed by atoms with van der Waals surface area (Å²) < 4.78 is 2.25. The molecule has 0 aliphatic carbocycles. The number of carboxylic acids is 1. The van der Waals surface area contributed by atoms with Gasteiger partial charge in [-0.15, -0.1) is 0 Å². The fraction of sp³-hybridized carbons (Fsp3) is 0.385. The van der Waals surface area contributed by atoms with Crippen molar-refractivity contribution in [2.45, 2.75) is 59.2 Å². The van der Waals surface area contributed by atoms with Gasteiger partial charge < -0.3 is 9.67 Å². The first-order valence-electron chi connectivity index (χ1n) is 11.5. The van der Waals surface area contributed by atoms with Gasteiger partial charge in [0.2, 0.25) is 0 Å². The van der Waals surface area contributed by atoms with Gasteiger partial charge in [-0.3, -0.25) is 4.90 Å². The summed E-state index contributed by atoms with van der Waals surface area (Å²) in [5.74, 6) is -0.0883. The molecule has 33 heavy (non-hydrogen) atoms. The number of unbranched alkanes of at least 4 members (excludes halogenated alkanes) is 2. The van der Waals surface area contributed by atoms with Gasteiger partial charge in [-0.1, -0.05) is 86.3 Å². The van der Waals surface area contributed by atoms with Crippen molar-refractivity contribution in [3.05, 3.63) is 75.5 Å². The molecule has 176 valence electrons. The van der Waals surface area contributed by atoms with E-state index in [1.807, 2.05) is 18.2 Å². The SMILES string of the molecule is CCCCN(Cc1ccc(C(=O)O)cc1Cl)Cc1c(Cl)nc(-c2ccccc2)n1CCCC. The van der Waals surface area contributed by atoms with Crippen LogP contribution in [0.25, 0.3) is 11.4 Å². The number of hydrogen-bond donors (Lipinski definition) is 1. The molecule has 0 saturated carbocycles. The van der Waals surface area contributed by atoms with E-state index in [4.69, 9.17) is 28.2 Å². The zero-order valence-electron chi connectivity index (χ0n) is 19.2. The van der Waals surface area contributed by atoms with Crippen LogP contribution in [-0.4, -0.2) is 32.1 Å². The molecule has 3 rings (SSSR count). The molecule has 0 saturated heterocycles. The number of rotatable bonds is 12. The summed E-state index contributed by atoms with van der Waals surface area (Å²) in [7, 11) is 0. The lowest BCUT2D eigenvalue weighted by molar-refractivity contribution is 0.0697. The molecular formula is C26H31Cl2N3O2. The van der Waals surface area contributed by atoms with Gasteiger partial charge >= 0.3 is 5.97 Å². The Morgan fingerprint density at radius 3 is 2.39 bits per heavy atom. The lowest BCUT2D eigenvalue weighted by atomic mass is 10.1. The second-order valence-electron chi connectivity index (χ2n) is 8.22. The van der Waals surface area contributed by atoms with E-state index in [9.17, 15) is 9.90 Å². The molecule has 0 amide bonds. The number of halogens is 2. The van der Waals surface area contributed by atoms with Crippen molar-refractivity contribution in [2.75, 3.05) is 6.54 Å². The number of hydrogen-bond acceptors (Lipinski definition) is 3. The molecule has 0 aliphatic heterocycles. The summed E-state index contributed by atoms with van der Waals surface area (Å²) >= 11 is 13.1. The standard InChI is InChI=1S/C26H31Cl2N3O2/c1-3-5-14-30(17-21-13-12-20(26(32)33)16-22(21)27)18-23-24(28)29-25(31(23)15-6-4-2)19-10-8-7-9-11-19/h7-13,16H,3-6,14-15,17-18H2,1-2H3,(H,32,33). The summed E-state index contributed by atoms with van der Waals surface area (Å²) in [4.78, 5) is 18.3. The maximum absolute atomic E-state index is 11.3. The number of carboxylic acid groups (broad SMARTS) is 1. The Labute approximate surface area is 206 Å². The molecule has 2 aromatic carbocycles. The molecule has 0 unspecified atom stereocenters. The van der Waals surface area contributed by atoms with Gasteiger partial charge in [0.25, 0.3) is 0 Å². The highest BCUT2D eigenvalue weighted by molar-refractivity contribution is 6.31. The van der Waals surface area contributed by atoms with Crippen molar-refractivity contribution < 1.29 is 9.90 Å². The topological polar surface area (TPSA) is 58.4 Å². The molecule has 0 fully saturated rings. The molecule has 1 heterocycles. The van der Waals surface area contributed by atoms with Gasteiger partial charge in [0.15, 0.2) is 5.15 Å². The third kappa shape index (κ3) is 6.59. The Morgan fingerprint density at radius 1 is 1.03 bits per heavy atom. The van der Waals surface area contributed by atoms with Crippen LogP contribution in [0.3, 0.4) is 0 Å². The van der Waals surface area contributed by atoms with Crippen LogP contribution in [0.2, 0.25) is 10.2 Å². The molecule has 0 aliphatic rings. The van der Waals surface area contributed by atoms with Crippen LogP contribution < -0.4 is 0 Å². The van der Waals surface area contributed by atoms with Gasteiger partial charge in [-0.05, 0) is 37.1 Å². The molecule has 1 N–H and O–H groups in total. The third-order valence-electron chi connectivity index (χ3n) is 5.69. The molecule has 7 heteroatoms. The fourth-order valence-electron chi connectivity index (χ4n) is 3.83. The quantitative estimate of drug-likeness (QED) is 0.294. The number of aromatic carboxylic acids is 1. The first-order chi connectivity index (χ1) is 15.9. The van der Waals surface area contributed by atoms with Crippen LogP contribution in [-0.2, 0) is 19.6 Å². The molecule has 0 spiro atoms. The average molecular weight is 488 g/mol. The predicted molar refractivity (Wildman–Crippen MR) is 135 cm³/mol. The highest BCUT2D eigenvalue weighted by Gasteiger charge is 2.20. The van der Waals surface area contributed by atoms with E-state index in [2.05, 4.69) is 35.4 Å². The zero-order chi connectivity index (χ0) is 23.8. The van der Waals surface area contributed by atoms with Crippen molar-refractivity contribution >= 4 is 29.2 Å². The van der Waals surface area contributed by atoms with Gasteiger partial charge in [-0.25, -0.2) is 9.78 Å². The molecule has 0 atom stereocenters. The second-order valence-corrected chi connectivity index (χ2v) is 8.98. The molecule has 0 radical (unpaired) electrons. The first-order valence-corrected chi connectivity index (χ1v) is 12.2. The van der Waals surface area contributed by atoms with E-state index in [-0.39, 0.29) is 5.56 Å². The van der Waals surface area contributed by atoms with E-state index in [0.717, 1.165) is 61.4 Å². The minimum atomic E-state index is -0.980. The van der Waals surface area contributed by atoms with Gasteiger partial charge in [0.1, 0.15) is 5.82 Å². The Balaban J connectivity index is 1.92. The molecule has 0 bridgehead atoms. The maximum Gasteiger partial charge on any atom is 0.335 e. The van der Waals surface area contributed by atoms with Crippen molar-refractivity contribution in [2.24, 2.45) is 0 Å². The Kier molecular flexibility index (Phi) is 9.36. The van der Waals surface area contributed by atoms with Crippen molar-refractivity contribution in [3.63, 3.8) is 0 Å². The van der Waals surface area contributed by atoms with Crippen LogP contribution in [0, 0.1) is 0 Å². The van der Waals surface area contributed by atoms with E-state index in [1.54, 1.807) is 12.1 Å². The monoisotopic (exact) mass is 487 g/mol. The van der Waals surface area contributed by atoms with Crippen LogP contribution in [0.4, 0.5) is 0 Å². The zero-order valence-corrected chi connectivity index (χ0v) is 20.7. The van der Waals surface area contributed by atoms with Gasteiger partial charge in [0.05, 0.1) is 11.3 Å². The number of aromatic nitrogens is 2. The number of nitrogens with zero attached hydrogens (tertiary/aromatic N) is 3. The van der Waals surface area contributed by atoms with Crippen molar-refractivity contribution in [1.82, 2.24) is 14.5 Å². The van der Waals surface area contributed by atoms with Gasteiger partial charge in [-0.2, -0.15) is 0 Å². The lowest BCUT2D eigenvalue weighted by Crippen LogP contribution is -2.26. The summed E-state index contributed by atoms with van der Waals surface area (Å²) in [6.07, 6.45) is 4.23. The van der Waals surface area contributed by atoms with E-state index >= 15 is 0 Å². The number of carbonyl (C=O) groups is 1. The van der Waals surface area contributed by atoms with E-state index in [0.29, 0.717) is 23.3 Å². The van der Waals surface area contributed by atoms with Gasteiger partial charge in [0, 0.05) is 30.2 Å². The lowest BCUT2D eigenvalue weighted by Gasteiger charge is -2.24. The number of benzene rings is 2. The predicted octanol–water partition coefficient (Wildman–Crippen LogP) is 7.16. The smallest absolute Gasteiger partial charge is 0.335 e. The van der Waals surface area contributed by atoms with E-state index < -0.39 is 5.97 Å². The van der Waals surface area contributed by atoms with Crippen molar-refractivity contribution in [1.29, 1.82) is 0 Å². The Hall–Kier alpha value is -2.34. The summed E-state index contributed by atoms with van der Waals surface area (Å²) in [6.45, 7) is 7.32. The highest BCUT2D eigenvalue weighted by atomic mass is 35.5.